The van der Waals surface area contributed by atoms with E-state index in [1.165, 1.54) is 5.57 Å². The fourth-order valence-corrected chi connectivity index (χ4v) is 1.90. The summed E-state index contributed by atoms with van der Waals surface area (Å²) in [6.07, 6.45) is 3.91. The van der Waals surface area contributed by atoms with Crippen LogP contribution in [0.5, 0.6) is 0 Å². The van der Waals surface area contributed by atoms with Gasteiger partial charge in [-0.15, -0.1) is 0 Å². The van der Waals surface area contributed by atoms with Crippen LogP contribution < -0.4 is 5.73 Å². The lowest BCUT2D eigenvalue weighted by Gasteiger charge is -2.11. The van der Waals surface area contributed by atoms with Crippen LogP contribution in [0.1, 0.15) is 53.4 Å². The monoisotopic (exact) mass is 230 g/mol. The zero-order valence-electron chi connectivity index (χ0n) is 10.3. The first kappa shape index (κ1) is 14.5. The van der Waals surface area contributed by atoms with Crippen molar-refractivity contribution in [1.29, 1.82) is 0 Å². The van der Waals surface area contributed by atoms with Gasteiger partial charge in [0.1, 0.15) is 11.0 Å². The molecule has 0 heterocycles. The zero-order chi connectivity index (χ0) is 11.8. The molecule has 0 saturated carbocycles. The van der Waals surface area contributed by atoms with E-state index in [1.807, 2.05) is 0 Å². The molecule has 88 valence electrons. The first-order valence-corrected chi connectivity index (χ1v) is 6.19. The third kappa shape index (κ3) is 4.70. The molecule has 15 heavy (non-hydrogen) atoms. The highest BCUT2D eigenvalue weighted by atomic mass is 35.5. The summed E-state index contributed by atoms with van der Waals surface area (Å²) < 4.78 is 0. The van der Waals surface area contributed by atoms with Crippen molar-refractivity contribution in [2.45, 2.75) is 53.4 Å². The van der Waals surface area contributed by atoms with Crippen molar-refractivity contribution in [3.63, 3.8) is 0 Å². The highest BCUT2D eigenvalue weighted by Crippen LogP contribution is 2.19. The van der Waals surface area contributed by atoms with Gasteiger partial charge in [0.2, 0.25) is 0 Å². The highest BCUT2D eigenvalue weighted by molar-refractivity contribution is 6.30. The minimum Gasteiger partial charge on any atom is -0.387 e. The van der Waals surface area contributed by atoms with Crippen LogP contribution in [0, 0.1) is 5.92 Å². The summed E-state index contributed by atoms with van der Waals surface area (Å²) in [6, 6.07) is 0. The lowest BCUT2D eigenvalue weighted by atomic mass is 10.0. The van der Waals surface area contributed by atoms with Crippen LogP contribution in [0.4, 0.5) is 0 Å². The zero-order valence-corrected chi connectivity index (χ0v) is 11.1. The Bertz CT molecular complexity index is 234. The van der Waals surface area contributed by atoms with E-state index in [-0.39, 0.29) is 0 Å². The molecule has 2 N–H and O–H groups in total. The molecule has 0 fully saturated rings. The molecule has 0 radical (unpaired) electrons. The maximum Gasteiger partial charge on any atom is 0.130 e. The number of nitrogens with zero attached hydrogens (tertiary/aromatic N) is 1. The van der Waals surface area contributed by atoms with E-state index >= 15 is 0 Å². The van der Waals surface area contributed by atoms with Crippen molar-refractivity contribution < 1.29 is 0 Å². The summed E-state index contributed by atoms with van der Waals surface area (Å²) in [4.78, 5) is 4.30. The average Bonchev–Trinajstić information content (AvgIpc) is 2.21. The molecule has 3 heteroatoms. The summed E-state index contributed by atoms with van der Waals surface area (Å²) in [5, 5.41) is 0.587. The van der Waals surface area contributed by atoms with E-state index in [0.29, 0.717) is 16.9 Å². The molecule has 0 aromatic heterocycles. The van der Waals surface area contributed by atoms with Gasteiger partial charge in [0, 0.05) is 5.92 Å². The Balaban J connectivity index is 4.79. The highest BCUT2D eigenvalue weighted by Gasteiger charge is 2.09. The Morgan fingerprint density at radius 1 is 1.13 bits per heavy atom. The number of halogens is 1. The van der Waals surface area contributed by atoms with Crippen molar-refractivity contribution in [3.05, 3.63) is 10.7 Å². The fourth-order valence-electron chi connectivity index (χ4n) is 1.53. The third-order valence-electron chi connectivity index (χ3n) is 2.78. The fraction of sp³-hybridized carbons (Fsp3) is 0.750. The Kier molecular flexibility index (Phi) is 7.49. The number of nitrogens with two attached hydrogens (primary N) is 1. The van der Waals surface area contributed by atoms with Gasteiger partial charge < -0.3 is 5.73 Å². The molecule has 0 bridgehead atoms. The lowest BCUT2D eigenvalue weighted by Crippen LogP contribution is -2.22. The van der Waals surface area contributed by atoms with E-state index in [2.05, 4.69) is 32.7 Å². The van der Waals surface area contributed by atoms with Gasteiger partial charge in [0.25, 0.3) is 0 Å². The second-order valence-corrected chi connectivity index (χ2v) is 4.01. The van der Waals surface area contributed by atoms with Crippen LogP contribution in [-0.2, 0) is 0 Å². The molecule has 0 aromatic rings. The summed E-state index contributed by atoms with van der Waals surface area (Å²) in [5.41, 5.74) is 7.09. The van der Waals surface area contributed by atoms with Crippen molar-refractivity contribution in [1.82, 2.24) is 0 Å². The molecule has 2 nitrogen and oxygen atoms in total. The number of hydrogen-bond acceptors (Lipinski definition) is 1. The molecule has 0 rings (SSSR count). The number of aliphatic imine (C=N–C) groups is 1. The molecule has 0 spiro atoms. The van der Waals surface area contributed by atoms with Gasteiger partial charge in [0.05, 0.1) is 0 Å². The quantitative estimate of drug-likeness (QED) is 0.417. The minimum atomic E-state index is 0.355. The van der Waals surface area contributed by atoms with E-state index < -0.39 is 0 Å². The van der Waals surface area contributed by atoms with Gasteiger partial charge in [-0.2, -0.15) is 0 Å². The van der Waals surface area contributed by atoms with E-state index in [4.69, 9.17) is 17.3 Å². The van der Waals surface area contributed by atoms with Crippen LogP contribution in [0.15, 0.2) is 15.7 Å². The number of allylic oxidation sites excluding steroid dienone is 1. The van der Waals surface area contributed by atoms with E-state index in [0.717, 1.165) is 25.7 Å². The van der Waals surface area contributed by atoms with Crippen LogP contribution in [0.2, 0.25) is 0 Å². The Labute approximate surface area is 98.6 Å². The molecule has 0 aliphatic heterocycles. The Morgan fingerprint density at radius 2 is 1.60 bits per heavy atom. The standard InChI is InChI=1S/C12H23ClN2/c1-5-9(6-2)11(13)15-12(14)10(7-3)8-4/h10H,5-8H2,1-4H3,(H2,14,15). The van der Waals surface area contributed by atoms with Gasteiger partial charge in [-0.1, -0.05) is 39.3 Å². The molecule has 0 saturated heterocycles. The molecule has 0 aliphatic rings. The second-order valence-electron chi connectivity index (χ2n) is 3.65. The summed E-state index contributed by atoms with van der Waals surface area (Å²) >= 11 is 6.11. The van der Waals surface area contributed by atoms with E-state index in [9.17, 15) is 0 Å². The smallest absolute Gasteiger partial charge is 0.130 e. The second kappa shape index (κ2) is 7.75. The lowest BCUT2D eigenvalue weighted by molar-refractivity contribution is 0.637. The molecule has 0 amide bonds. The van der Waals surface area contributed by atoms with Crippen LogP contribution in [-0.4, -0.2) is 5.84 Å². The van der Waals surface area contributed by atoms with Crippen molar-refractivity contribution in [3.8, 4) is 0 Å². The van der Waals surface area contributed by atoms with Gasteiger partial charge in [-0.25, -0.2) is 4.99 Å². The predicted molar refractivity (Wildman–Crippen MR) is 69.2 cm³/mol. The molecule has 0 aromatic carbocycles. The number of amidine groups is 1. The average molecular weight is 231 g/mol. The predicted octanol–water partition coefficient (Wildman–Crippen LogP) is 4.05. The van der Waals surface area contributed by atoms with Crippen LogP contribution in [0.3, 0.4) is 0 Å². The normalized spacial score (nSPS) is 12.0. The Hall–Kier alpha value is -0.500. The topological polar surface area (TPSA) is 38.4 Å². The maximum absolute atomic E-state index is 6.11. The molecular formula is C12H23ClN2. The van der Waals surface area contributed by atoms with Crippen molar-refractivity contribution in [2.75, 3.05) is 0 Å². The van der Waals surface area contributed by atoms with E-state index in [1.54, 1.807) is 0 Å². The third-order valence-corrected chi connectivity index (χ3v) is 3.13. The van der Waals surface area contributed by atoms with Crippen LogP contribution in [0.25, 0.3) is 0 Å². The van der Waals surface area contributed by atoms with Gasteiger partial charge in [0.15, 0.2) is 0 Å². The molecular weight excluding hydrogens is 208 g/mol. The number of rotatable bonds is 6. The van der Waals surface area contributed by atoms with Crippen LogP contribution >= 0.6 is 11.6 Å². The van der Waals surface area contributed by atoms with Gasteiger partial charge in [-0.3, -0.25) is 0 Å². The largest absolute Gasteiger partial charge is 0.387 e. The minimum absolute atomic E-state index is 0.355. The van der Waals surface area contributed by atoms with Crippen molar-refractivity contribution in [2.24, 2.45) is 16.6 Å². The van der Waals surface area contributed by atoms with Gasteiger partial charge in [-0.05, 0) is 31.3 Å². The Morgan fingerprint density at radius 3 is 1.93 bits per heavy atom. The first-order chi connectivity index (χ1) is 7.10. The molecule has 0 atom stereocenters. The summed E-state index contributed by atoms with van der Waals surface area (Å²) in [5.74, 6) is 1.03. The first-order valence-electron chi connectivity index (χ1n) is 5.82. The van der Waals surface area contributed by atoms with Gasteiger partial charge >= 0.3 is 0 Å². The summed E-state index contributed by atoms with van der Waals surface area (Å²) in [6.45, 7) is 8.41. The maximum atomic E-state index is 6.11. The van der Waals surface area contributed by atoms with Crippen molar-refractivity contribution >= 4 is 17.4 Å². The SMILES string of the molecule is CCC(CC)=C(Cl)/N=C(/N)C(CC)CC. The molecule has 0 aliphatic carbocycles. The summed E-state index contributed by atoms with van der Waals surface area (Å²) in [7, 11) is 0. The number of hydrogen-bond donors (Lipinski definition) is 1. The molecule has 0 unspecified atom stereocenters.